The number of hydrogen-bond acceptors (Lipinski definition) is 3. The van der Waals surface area contributed by atoms with Crippen LogP contribution < -0.4 is 10.5 Å². The molecule has 0 bridgehead atoms. The fraction of sp³-hybridized carbons (Fsp3) is 0.529. The molecule has 1 aromatic carbocycles. The fourth-order valence-corrected chi connectivity index (χ4v) is 2.71. The van der Waals surface area contributed by atoms with E-state index in [-0.39, 0.29) is 0 Å². The Labute approximate surface area is 122 Å². The molecule has 0 aromatic heterocycles. The highest BCUT2D eigenvalue weighted by atomic mass is 16.5. The number of nitrogens with zero attached hydrogens (tertiary/aromatic N) is 1. The summed E-state index contributed by atoms with van der Waals surface area (Å²) in [5.74, 6) is 6.80. The molecule has 1 fully saturated rings. The third-order valence-electron chi connectivity index (χ3n) is 3.75. The summed E-state index contributed by atoms with van der Waals surface area (Å²) in [6, 6.07) is 6.24. The molecule has 1 aromatic rings. The first-order valence-corrected chi connectivity index (χ1v) is 7.12. The minimum absolute atomic E-state index is 0.369. The summed E-state index contributed by atoms with van der Waals surface area (Å²) in [4.78, 5) is 2.50. The van der Waals surface area contributed by atoms with Crippen LogP contribution >= 0.6 is 0 Å². The summed E-state index contributed by atoms with van der Waals surface area (Å²) in [6.45, 7) is 8.34. The molecule has 0 spiro atoms. The van der Waals surface area contributed by atoms with Crippen molar-refractivity contribution in [1.82, 2.24) is 4.90 Å². The number of ether oxygens (including phenoxy) is 1. The van der Waals surface area contributed by atoms with Crippen LogP contribution in [0.2, 0.25) is 0 Å². The van der Waals surface area contributed by atoms with Crippen molar-refractivity contribution in [2.45, 2.75) is 26.8 Å². The van der Waals surface area contributed by atoms with Crippen molar-refractivity contribution < 1.29 is 4.74 Å². The summed E-state index contributed by atoms with van der Waals surface area (Å²) < 4.78 is 5.34. The largest absolute Gasteiger partial charge is 0.495 e. The highest BCUT2D eigenvalue weighted by molar-refractivity contribution is 5.48. The Bertz CT molecular complexity index is 526. The molecule has 1 saturated heterocycles. The molecule has 0 amide bonds. The normalized spacial score (nSPS) is 17.6. The standard InChI is InChI=1S/C17H24N2O/c1-17(2)8-10-19(13-17)12-14-6-7-16(20-3)15(11-14)5-4-9-18/h6-7,11H,8-10,12-13,18H2,1-3H3. The van der Waals surface area contributed by atoms with E-state index in [4.69, 9.17) is 10.5 Å². The van der Waals surface area contributed by atoms with Crippen molar-refractivity contribution in [2.75, 3.05) is 26.7 Å². The van der Waals surface area contributed by atoms with Crippen LogP contribution in [0.25, 0.3) is 0 Å². The van der Waals surface area contributed by atoms with Gasteiger partial charge in [0.05, 0.1) is 19.2 Å². The summed E-state index contributed by atoms with van der Waals surface area (Å²) >= 11 is 0. The molecule has 0 radical (unpaired) electrons. The first kappa shape index (κ1) is 14.9. The Hall–Kier alpha value is -1.50. The third kappa shape index (κ3) is 3.75. The van der Waals surface area contributed by atoms with Gasteiger partial charge in [0, 0.05) is 13.1 Å². The molecule has 0 aliphatic carbocycles. The van der Waals surface area contributed by atoms with E-state index in [2.05, 4.69) is 42.7 Å². The van der Waals surface area contributed by atoms with Crippen LogP contribution in [0.5, 0.6) is 5.75 Å². The van der Waals surface area contributed by atoms with Crippen LogP contribution in [0.15, 0.2) is 18.2 Å². The molecule has 1 aliphatic rings. The highest BCUT2D eigenvalue weighted by Crippen LogP contribution is 2.30. The van der Waals surface area contributed by atoms with Gasteiger partial charge in [-0.3, -0.25) is 4.90 Å². The van der Waals surface area contributed by atoms with E-state index in [1.807, 2.05) is 6.07 Å². The van der Waals surface area contributed by atoms with E-state index in [1.165, 1.54) is 18.5 Å². The van der Waals surface area contributed by atoms with Crippen LogP contribution in [0.1, 0.15) is 31.4 Å². The van der Waals surface area contributed by atoms with Gasteiger partial charge < -0.3 is 10.5 Å². The summed E-state index contributed by atoms with van der Waals surface area (Å²) in [5.41, 5.74) is 8.09. The lowest BCUT2D eigenvalue weighted by Crippen LogP contribution is -2.22. The molecule has 3 nitrogen and oxygen atoms in total. The van der Waals surface area contributed by atoms with E-state index >= 15 is 0 Å². The number of benzene rings is 1. The van der Waals surface area contributed by atoms with E-state index < -0.39 is 0 Å². The predicted molar refractivity (Wildman–Crippen MR) is 82.6 cm³/mol. The lowest BCUT2D eigenvalue weighted by atomic mass is 9.93. The molecule has 2 N–H and O–H groups in total. The first-order valence-electron chi connectivity index (χ1n) is 7.12. The molecule has 0 saturated carbocycles. The minimum atomic E-state index is 0.369. The topological polar surface area (TPSA) is 38.5 Å². The van der Waals surface area contributed by atoms with E-state index in [1.54, 1.807) is 7.11 Å². The lowest BCUT2D eigenvalue weighted by Gasteiger charge is -2.20. The van der Waals surface area contributed by atoms with Crippen LogP contribution in [-0.2, 0) is 6.54 Å². The Morgan fingerprint density at radius 2 is 2.20 bits per heavy atom. The van der Waals surface area contributed by atoms with E-state index in [0.29, 0.717) is 12.0 Å². The Morgan fingerprint density at radius 1 is 1.40 bits per heavy atom. The number of rotatable bonds is 3. The van der Waals surface area contributed by atoms with Crippen molar-refractivity contribution >= 4 is 0 Å². The smallest absolute Gasteiger partial charge is 0.134 e. The van der Waals surface area contributed by atoms with Gasteiger partial charge in [0.15, 0.2) is 0 Å². The average molecular weight is 272 g/mol. The van der Waals surface area contributed by atoms with Gasteiger partial charge >= 0.3 is 0 Å². The summed E-state index contributed by atoms with van der Waals surface area (Å²) in [6.07, 6.45) is 1.27. The van der Waals surface area contributed by atoms with Gasteiger partial charge in [-0.1, -0.05) is 31.8 Å². The van der Waals surface area contributed by atoms with Crippen molar-refractivity contribution in [3.05, 3.63) is 29.3 Å². The van der Waals surface area contributed by atoms with Gasteiger partial charge in [-0.2, -0.15) is 0 Å². The summed E-state index contributed by atoms with van der Waals surface area (Å²) in [5, 5.41) is 0. The number of hydrogen-bond donors (Lipinski definition) is 1. The zero-order chi connectivity index (χ0) is 14.6. The Balaban J connectivity index is 2.13. The first-order chi connectivity index (χ1) is 9.54. The summed E-state index contributed by atoms with van der Waals surface area (Å²) in [7, 11) is 1.67. The van der Waals surface area contributed by atoms with Gasteiger partial charge in [0.2, 0.25) is 0 Å². The minimum Gasteiger partial charge on any atom is -0.495 e. The quantitative estimate of drug-likeness (QED) is 0.858. The van der Waals surface area contributed by atoms with Gasteiger partial charge in [0.1, 0.15) is 5.75 Å². The molecule has 0 atom stereocenters. The second-order valence-corrected chi connectivity index (χ2v) is 6.17. The van der Waals surface area contributed by atoms with Gasteiger partial charge in [0.25, 0.3) is 0 Å². The van der Waals surface area contributed by atoms with Gasteiger partial charge in [-0.15, -0.1) is 0 Å². The maximum absolute atomic E-state index is 5.45. The predicted octanol–water partition coefficient (Wildman–Crippen LogP) is 2.24. The van der Waals surface area contributed by atoms with Crippen molar-refractivity contribution in [3.8, 4) is 17.6 Å². The van der Waals surface area contributed by atoms with Crippen molar-refractivity contribution in [1.29, 1.82) is 0 Å². The fourth-order valence-electron chi connectivity index (χ4n) is 2.71. The van der Waals surface area contributed by atoms with Gasteiger partial charge in [-0.25, -0.2) is 0 Å². The van der Waals surface area contributed by atoms with Crippen LogP contribution in [0.3, 0.4) is 0 Å². The molecule has 3 heteroatoms. The average Bonchev–Trinajstić information content (AvgIpc) is 2.76. The molecule has 2 rings (SSSR count). The number of likely N-dealkylation sites (tertiary alicyclic amines) is 1. The molecule has 20 heavy (non-hydrogen) atoms. The molecule has 0 unspecified atom stereocenters. The van der Waals surface area contributed by atoms with Crippen molar-refractivity contribution in [3.63, 3.8) is 0 Å². The number of nitrogens with two attached hydrogens (primary N) is 1. The lowest BCUT2D eigenvalue weighted by molar-refractivity contribution is 0.284. The molecule has 1 heterocycles. The zero-order valence-electron chi connectivity index (χ0n) is 12.7. The van der Waals surface area contributed by atoms with Crippen LogP contribution in [0.4, 0.5) is 0 Å². The second-order valence-electron chi connectivity index (χ2n) is 6.17. The van der Waals surface area contributed by atoms with Gasteiger partial charge in [-0.05, 0) is 36.1 Å². The van der Waals surface area contributed by atoms with Crippen LogP contribution in [-0.4, -0.2) is 31.6 Å². The molecule has 1 aliphatic heterocycles. The third-order valence-corrected chi connectivity index (χ3v) is 3.75. The number of methoxy groups -OCH3 is 1. The SMILES string of the molecule is COc1ccc(CN2CCC(C)(C)C2)cc1C#CCN. The van der Waals surface area contributed by atoms with E-state index in [9.17, 15) is 0 Å². The van der Waals surface area contributed by atoms with Crippen LogP contribution in [0, 0.1) is 17.3 Å². The zero-order valence-corrected chi connectivity index (χ0v) is 12.7. The maximum atomic E-state index is 5.45. The second kappa shape index (κ2) is 6.30. The maximum Gasteiger partial charge on any atom is 0.134 e. The molecular weight excluding hydrogens is 248 g/mol. The Kier molecular flexibility index (Phi) is 4.69. The molecular formula is C17H24N2O. The Morgan fingerprint density at radius 3 is 2.80 bits per heavy atom. The van der Waals surface area contributed by atoms with E-state index in [0.717, 1.165) is 24.4 Å². The van der Waals surface area contributed by atoms with Crippen molar-refractivity contribution in [2.24, 2.45) is 11.1 Å². The monoisotopic (exact) mass is 272 g/mol. The molecule has 108 valence electrons. The highest BCUT2D eigenvalue weighted by Gasteiger charge is 2.28.